The van der Waals surface area contributed by atoms with Crippen LogP contribution < -0.4 is 20.7 Å². The molecule has 42 heavy (non-hydrogen) atoms. The highest BCUT2D eigenvalue weighted by Gasteiger charge is 2.36. The van der Waals surface area contributed by atoms with Gasteiger partial charge in [0.15, 0.2) is 0 Å². The lowest BCUT2D eigenvalue weighted by atomic mass is 9.83. The van der Waals surface area contributed by atoms with Crippen molar-refractivity contribution in [2.75, 3.05) is 33.4 Å². The maximum atomic E-state index is 13.8. The van der Waals surface area contributed by atoms with Crippen molar-refractivity contribution in [3.8, 4) is 11.5 Å². The van der Waals surface area contributed by atoms with E-state index >= 15 is 0 Å². The van der Waals surface area contributed by atoms with Crippen molar-refractivity contribution in [3.05, 3.63) is 59.7 Å². The molecule has 2 aromatic carbocycles. The van der Waals surface area contributed by atoms with Crippen LogP contribution in [0.4, 0.5) is 0 Å². The second kappa shape index (κ2) is 15.6. The average Bonchev–Trinajstić information content (AvgIpc) is 3.00. The first-order valence-corrected chi connectivity index (χ1v) is 15.0. The Labute approximate surface area is 247 Å². The molecule has 1 heterocycles. The second-order valence-corrected chi connectivity index (χ2v) is 11.3. The molecule has 0 aromatic heterocycles. The zero-order valence-corrected chi connectivity index (χ0v) is 24.4. The number of rotatable bonds is 4. The van der Waals surface area contributed by atoms with E-state index in [4.69, 9.17) is 4.74 Å². The Balaban J connectivity index is 1.59. The summed E-state index contributed by atoms with van der Waals surface area (Å²) in [4.78, 5) is 42.0. The fourth-order valence-electron chi connectivity index (χ4n) is 5.86. The van der Waals surface area contributed by atoms with Crippen LogP contribution in [0.3, 0.4) is 0 Å². The minimum absolute atomic E-state index is 0.0998. The van der Waals surface area contributed by atoms with E-state index in [-0.39, 0.29) is 29.9 Å². The molecule has 10 heteroatoms. The number of ether oxygens (including phenoxy) is 1. The number of aromatic hydroxyl groups is 1. The molecule has 3 amide bonds. The Hall–Kier alpha value is -3.63. The summed E-state index contributed by atoms with van der Waals surface area (Å²) in [6, 6.07) is 11.6. The number of aliphatic hydroxyl groups is 1. The maximum Gasteiger partial charge on any atom is 0.245 e. The molecule has 0 unspecified atom stereocenters. The summed E-state index contributed by atoms with van der Waals surface area (Å²) in [6.45, 7) is 0.632. The summed E-state index contributed by atoms with van der Waals surface area (Å²) in [5.74, 6) is -0.244. The van der Waals surface area contributed by atoms with Gasteiger partial charge in [-0.3, -0.25) is 14.4 Å². The number of hydrogen-bond donors (Lipinski definition) is 5. The normalized spacial score (nSPS) is 24.0. The molecule has 4 rings (SSSR count). The van der Waals surface area contributed by atoms with Gasteiger partial charge in [-0.25, -0.2) is 0 Å². The molecule has 5 N–H and O–H groups in total. The number of likely N-dealkylation sites (N-methyl/N-ethyl adjacent to an activating group) is 1. The largest absolute Gasteiger partial charge is 0.508 e. The number of nitrogens with zero attached hydrogens (tertiary/aromatic N) is 1. The van der Waals surface area contributed by atoms with Crippen molar-refractivity contribution in [1.29, 1.82) is 0 Å². The van der Waals surface area contributed by atoms with Crippen LogP contribution in [0.5, 0.6) is 11.5 Å². The molecule has 228 valence electrons. The lowest BCUT2D eigenvalue weighted by Gasteiger charge is -2.35. The summed E-state index contributed by atoms with van der Waals surface area (Å²) in [5.41, 5.74) is 1.78. The Morgan fingerprint density at radius 2 is 1.67 bits per heavy atom. The first-order valence-electron chi connectivity index (χ1n) is 15.0. The number of phenolic OH excluding ortho intramolecular Hbond substituents is 1. The SMILES string of the molecule is CN1C(=O)[C@H](C2CCCCC2)NCCOc2ccccc2CCCNC(=O)[C@@H](Cc2ccc(O)cc2)NC(=O)[C@@H]1CO. The Bertz CT molecular complexity index is 1180. The predicted octanol–water partition coefficient (Wildman–Crippen LogP) is 1.92. The molecule has 0 radical (unpaired) electrons. The van der Waals surface area contributed by atoms with Gasteiger partial charge in [0.05, 0.1) is 12.6 Å². The van der Waals surface area contributed by atoms with Crippen LogP contribution in [-0.4, -0.2) is 84.3 Å². The van der Waals surface area contributed by atoms with Gasteiger partial charge in [0.1, 0.15) is 30.2 Å². The van der Waals surface area contributed by atoms with Crippen LogP contribution in [0.1, 0.15) is 49.7 Å². The molecular weight excluding hydrogens is 536 g/mol. The van der Waals surface area contributed by atoms with Crippen molar-refractivity contribution in [2.24, 2.45) is 5.92 Å². The van der Waals surface area contributed by atoms with Crippen molar-refractivity contribution in [1.82, 2.24) is 20.9 Å². The molecule has 1 aliphatic heterocycles. The summed E-state index contributed by atoms with van der Waals surface area (Å²) in [6.07, 6.45) is 6.58. The minimum Gasteiger partial charge on any atom is -0.508 e. The number of aliphatic hydroxyl groups excluding tert-OH is 1. The lowest BCUT2D eigenvalue weighted by Crippen LogP contribution is -2.59. The molecule has 0 bridgehead atoms. The highest BCUT2D eigenvalue weighted by molar-refractivity contribution is 5.93. The fraction of sp³-hybridized carbons (Fsp3) is 0.531. The lowest BCUT2D eigenvalue weighted by molar-refractivity contribution is -0.144. The monoisotopic (exact) mass is 580 g/mol. The maximum absolute atomic E-state index is 13.8. The van der Waals surface area contributed by atoms with Gasteiger partial charge < -0.3 is 35.8 Å². The van der Waals surface area contributed by atoms with Gasteiger partial charge in [-0.15, -0.1) is 0 Å². The third-order valence-corrected chi connectivity index (χ3v) is 8.31. The van der Waals surface area contributed by atoms with Crippen LogP contribution >= 0.6 is 0 Å². The number of carbonyl (C=O) groups excluding carboxylic acids is 3. The number of carbonyl (C=O) groups is 3. The number of hydrogen-bond acceptors (Lipinski definition) is 7. The van der Waals surface area contributed by atoms with E-state index < -0.39 is 30.6 Å². The van der Waals surface area contributed by atoms with Crippen LogP contribution in [0.2, 0.25) is 0 Å². The van der Waals surface area contributed by atoms with Gasteiger partial charge in [0.2, 0.25) is 17.7 Å². The van der Waals surface area contributed by atoms with Crippen LogP contribution in [0.15, 0.2) is 48.5 Å². The number of amides is 3. The van der Waals surface area contributed by atoms with Crippen LogP contribution in [0.25, 0.3) is 0 Å². The Morgan fingerprint density at radius 1 is 0.929 bits per heavy atom. The van der Waals surface area contributed by atoms with Gasteiger partial charge in [0.25, 0.3) is 0 Å². The highest BCUT2D eigenvalue weighted by atomic mass is 16.5. The number of phenols is 1. The first kappa shape index (κ1) is 31.3. The summed E-state index contributed by atoms with van der Waals surface area (Å²) in [7, 11) is 1.53. The fourth-order valence-corrected chi connectivity index (χ4v) is 5.86. The number of nitrogens with one attached hydrogen (secondary N) is 3. The third-order valence-electron chi connectivity index (χ3n) is 8.31. The number of fused-ring (bicyclic) bond motifs is 1. The number of para-hydroxylation sites is 1. The molecule has 2 aliphatic rings. The van der Waals surface area contributed by atoms with Crippen molar-refractivity contribution in [2.45, 2.75) is 69.5 Å². The van der Waals surface area contributed by atoms with E-state index in [1.165, 1.54) is 24.1 Å². The van der Waals surface area contributed by atoms with Crippen LogP contribution in [-0.2, 0) is 27.2 Å². The molecule has 0 saturated heterocycles. The van der Waals surface area contributed by atoms with Gasteiger partial charge in [-0.2, -0.15) is 0 Å². The van der Waals surface area contributed by atoms with E-state index in [0.717, 1.165) is 49.0 Å². The van der Waals surface area contributed by atoms with E-state index in [1.807, 2.05) is 24.3 Å². The Morgan fingerprint density at radius 3 is 2.40 bits per heavy atom. The first-order chi connectivity index (χ1) is 20.4. The Kier molecular flexibility index (Phi) is 11.6. The number of benzene rings is 2. The summed E-state index contributed by atoms with van der Waals surface area (Å²) >= 11 is 0. The van der Waals surface area contributed by atoms with Crippen molar-refractivity contribution < 1.29 is 29.3 Å². The standard InChI is InChI=1S/C32H44N4O6/c1-36-27(21-37)31(40)35-26(20-22-13-15-25(38)16-14-22)30(39)34-17-7-11-23-8-5-6-12-28(23)42-19-18-33-29(32(36)41)24-9-3-2-4-10-24/h5-6,8,12-16,24,26-27,29,33,37-38H,2-4,7,9-11,17-21H2,1H3,(H,34,39)(H,35,40)/t26-,27+,29+/m1/s1. The van der Waals surface area contributed by atoms with Gasteiger partial charge in [-0.1, -0.05) is 49.6 Å². The van der Waals surface area contributed by atoms with E-state index in [1.54, 1.807) is 12.1 Å². The van der Waals surface area contributed by atoms with Crippen molar-refractivity contribution >= 4 is 17.7 Å². The summed E-state index contributed by atoms with van der Waals surface area (Å²) in [5, 5.41) is 29.0. The predicted molar refractivity (Wildman–Crippen MR) is 159 cm³/mol. The topological polar surface area (TPSA) is 140 Å². The zero-order chi connectivity index (χ0) is 29.9. The highest BCUT2D eigenvalue weighted by Crippen LogP contribution is 2.28. The van der Waals surface area contributed by atoms with Crippen LogP contribution in [0, 0.1) is 5.92 Å². The molecule has 1 saturated carbocycles. The summed E-state index contributed by atoms with van der Waals surface area (Å²) < 4.78 is 6.11. The molecule has 1 fully saturated rings. The number of aryl methyl sites for hydroxylation is 1. The molecule has 0 spiro atoms. The smallest absolute Gasteiger partial charge is 0.245 e. The third kappa shape index (κ3) is 8.45. The zero-order valence-electron chi connectivity index (χ0n) is 24.4. The van der Waals surface area contributed by atoms with Gasteiger partial charge in [0, 0.05) is 26.6 Å². The van der Waals surface area contributed by atoms with Gasteiger partial charge >= 0.3 is 0 Å². The second-order valence-electron chi connectivity index (χ2n) is 11.3. The molecule has 2 aromatic rings. The average molecular weight is 581 g/mol. The van der Waals surface area contributed by atoms with Crippen molar-refractivity contribution in [3.63, 3.8) is 0 Å². The van der Waals surface area contributed by atoms with E-state index in [9.17, 15) is 24.6 Å². The molecule has 1 aliphatic carbocycles. The van der Waals surface area contributed by atoms with Gasteiger partial charge in [-0.05, 0) is 60.9 Å². The molecule has 3 atom stereocenters. The van der Waals surface area contributed by atoms with E-state index in [2.05, 4.69) is 16.0 Å². The van der Waals surface area contributed by atoms with E-state index in [0.29, 0.717) is 32.5 Å². The minimum atomic E-state index is -1.16. The quantitative estimate of drug-likeness (QED) is 0.372. The molecular formula is C32H44N4O6. The molecule has 10 nitrogen and oxygen atoms in total.